The third-order valence-electron chi connectivity index (χ3n) is 3.16. The molecule has 0 bridgehead atoms. The molecule has 0 saturated heterocycles. The van der Waals surface area contributed by atoms with E-state index in [1.807, 2.05) is 6.07 Å². The van der Waals surface area contributed by atoms with E-state index in [9.17, 15) is 0 Å². The molecule has 3 rings (SSSR count). The smallest absolute Gasteiger partial charge is 0.0998 e. The fourth-order valence-electron chi connectivity index (χ4n) is 2.45. The molecule has 0 radical (unpaired) electrons. The van der Waals surface area contributed by atoms with E-state index in [1.54, 1.807) is 0 Å². The Morgan fingerprint density at radius 2 is 2.31 bits per heavy atom. The molecule has 1 aliphatic rings. The molecule has 0 saturated carbocycles. The lowest BCUT2D eigenvalue weighted by atomic mass is 10.1. The summed E-state index contributed by atoms with van der Waals surface area (Å²) in [6, 6.07) is 8.33. The quantitative estimate of drug-likeness (QED) is 0.771. The number of hydrogen-bond acceptors (Lipinski definition) is 2. The highest BCUT2D eigenvalue weighted by Gasteiger charge is 2.24. The van der Waals surface area contributed by atoms with Crippen LogP contribution < -0.4 is 0 Å². The predicted octanol–water partition coefficient (Wildman–Crippen LogP) is 2.91. The average molecular weight is 216 g/mol. The summed E-state index contributed by atoms with van der Waals surface area (Å²) in [4.78, 5) is 0. The van der Waals surface area contributed by atoms with Crippen molar-refractivity contribution in [2.75, 3.05) is 6.61 Å². The highest BCUT2D eigenvalue weighted by Crippen LogP contribution is 2.32. The van der Waals surface area contributed by atoms with E-state index in [4.69, 9.17) is 4.74 Å². The highest BCUT2D eigenvalue weighted by atomic mass is 16.5. The van der Waals surface area contributed by atoms with Gasteiger partial charge >= 0.3 is 0 Å². The van der Waals surface area contributed by atoms with E-state index in [0.29, 0.717) is 0 Å². The lowest BCUT2D eigenvalue weighted by molar-refractivity contribution is 0.0123. The van der Waals surface area contributed by atoms with Gasteiger partial charge < -0.3 is 4.74 Å². The van der Waals surface area contributed by atoms with Crippen LogP contribution in [0.1, 0.15) is 31.6 Å². The second kappa shape index (κ2) is 3.91. The molecule has 16 heavy (non-hydrogen) atoms. The van der Waals surface area contributed by atoms with Gasteiger partial charge in [-0.25, -0.2) is 0 Å². The summed E-state index contributed by atoms with van der Waals surface area (Å²) in [5.74, 6) is 0. The van der Waals surface area contributed by atoms with Crippen molar-refractivity contribution in [1.82, 2.24) is 9.78 Å². The van der Waals surface area contributed by atoms with Gasteiger partial charge in [0, 0.05) is 5.39 Å². The maximum Gasteiger partial charge on any atom is 0.0998 e. The first-order valence-corrected chi connectivity index (χ1v) is 5.97. The van der Waals surface area contributed by atoms with Crippen molar-refractivity contribution in [2.45, 2.75) is 32.4 Å². The molecule has 0 aliphatic carbocycles. The maximum atomic E-state index is 5.85. The Hall–Kier alpha value is -1.35. The largest absolute Gasteiger partial charge is 0.370 e. The molecule has 0 N–H and O–H groups in total. The van der Waals surface area contributed by atoms with Crippen LogP contribution in [0.5, 0.6) is 0 Å². The lowest BCUT2D eigenvalue weighted by Gasteiger charge is -2.24. The number of aromatic nitrogens is 2. The first-order valence-electron chi connectivity index (χ1n) is 5.97. The van der Waals surface area contributed by atoms with Crippen LogP contribution in [0.3, 0.4) is 0 Å². The van der Waals surface area contributed by atoms with Crippen LogP contribution in [0.2, 0.25) is 0 Å². The Morgan fingerprint density at radius 3 is 3.19 bits per heavy atom. The minimum atomic E-state index is 0.228. The fraction of sp³-hybridized carbons (Fsp3) is 0.462. The molecule has 84 valence electrons. The summed E-state index contributed by atoms with van der Waals surface area (Å²) in [5.41, 5.74) is 2.35. The van der Waals surface area contributed by atoms with Gasteiger partial charge in [0.1, 0.15) is 0 Å². The van der Waals surface area contributed by atoms with Gasteiger partial charge in [0.2, 0.25) is 0 Å². The van der Waals surface area contributed by atoms with Gasteiger partial charge in [-0.15, -0.1) is 0 Å². The van der Waals surface area contributed by atoms with E-state index >= 15 is 0 Å². The van der Waals surface area contributed by atoms with Crippen molar-refractivity contribution >= 4 is 10.9 Å². The molecule has 1 aromatic heterocycles. The van der Waals surface area contributed by atoms with Gasteiger partial charge in [0.15, 0.2) is 0 Å². The fourth-order valence-corrected chi connectivity index (χ4v) is 2.45. The molecule has 0 fully saturated rings. The Labute approximate surface area is 95.0 Å². The summed E-state index contributed by atoms with van der Waals surface area (Å²) in [6.07, 6.45) is 2.45. The van der Waals surface area contributed by atoms with E-state index in [2.05, 4.69) is 34.9 Å². The predicted molar refractivity (Wildman–Crippen MR) is 63.3 cm³/mol. The number of fused-ring (bicyclic) bond motifs is 3. The zero-order valence-corrected chi connectivity index (χ0v) is 9.52. The molecule has 1 aliphatic heterocycles. The lowest BCUT2D eigenvalue weighted by Crippen LogP contribution is -2.22. The zero-order valence-electron chi connectivity index (χ0n) is 9.52. The Morgan fingerprint density at radius 1 is 1.44 bits per heavy atom. The number of rotatable bonds is 2. The van der Waals surface area contributed by atoms with Crippen molar-refractivity contribution in [3.05, 3.63) is 30.0 Å². The van der Waals surface area contributed by atoms with Crippen molar-refractivity contribution in [1.29, 1.82) is 0 Å². The van der Waals surface area contributed by atoms with E-state index in [-0.39, 0.29) is 6.10 Å². The molecular formula is C13H16N2O. The number of nitrogens with zero attached hydrogens (tertiary/aromatic N) is 2. The summed E-state index contributed by atoms with van der Waals surface area (Å²) in [6.45, 7) is 3.86. The van der Waals surface area contributed by atoms with Crippen LogP contribution in [0.15, 0.2) is 24.3 Å². The van der Waals surface area contributed by atoms with Gasteiger partial charge in [-0.3, -0.25) is 4.68 Å². The topological polar surface area (TPSA) is 27.1 Å². The Balaban J connectivity index is 2.16. The van der Waals surface area contributed by atoms with Crippen LogP contribution in [0.25, 0.3) is 10.9 Å². The minimum absolute atomic E-state index is 0.228. The van der Waals surface area contributed by atoms with Crippen molar-refractivity contribution in [3.8, 4) is 0 Å². The minimum Gasteiger partial charge on any atom is -0.370 e. The average Bonchev–Trinajstić information content (AvgIpc) is 2.68. The van der Waals surface area contributed by atoms with Crippen LogP contribution in [-0.4, -0.2) is 16.4 Å². The van der Waals surface area contributed by atoms with Gasteiger partial charge in [0.05, 0.1) is 30.5 Å². The van der Waals surface area contributed by atoms with Crippen LogP contribution in [0.4, 0.5) is 0 Å². The number of ether oxygens (including phenoxy) is 1. The second-order valence-electron chi connectivity index (χ2n) is 4.27. The highest BCUT2D eigenvalue weighted by molar-refractivity contribution is 5.81. The molecule has 3 nitrogen and oxygen atoms in total. The number of hydrogen-bond donors (Lipinski definition) is 0. The molecule has 3 heteroatoms. The summed E-state index contributed by atoms with van der Waals surface area (Å²) in [5, 5.41) is 5.87. The maximum absolute atomic E-state index is 5.85. The summed E-state index contributed by atoms with van der Waals surface area (Å²) in [7, 11) is 0. The van der Waals surface area contributed by atoms with E-state index in [0.717, 1.165) is 31.5 Å². The molecular weight excluding hydrogens is 200 g/mol. The molecule has 2 heterocycles. The van der Waals surface area contributed by atoms with Crippen molar-refractivity contribution in [3.63, 3.8) is 0 Å². The van der Waals surface area contributed by atoms with E-state index in [1.165, 1.54) is 11.1 Å². The third-order valence-corrected chi connectivity index (χ3v) is 3.16. The Bertz CT molecular complexity index is 504. The van der Waals surface area contributed by atoms with E-state index < -0.39 is 0 Å². The van der Waals surface area contributed by atoms with Crippen LogP contribution in [0, 0.1) is 0 Å². The molecule has 1 aromatic carbocycles. The van der Waals surface area contributed by atoms with Crippen molar-refractivity contribution < 1.29 is 4.74 Å². The second-order valence-corrected chi connectivity index (χ2v) is 4.27. The zero-order chi connectivity index (χ0) is 11.0. The standard InChI is InChI=1S/C13H16N2O/c1-2-5-12-13-10-6-3-4-7-11(10)14-15(13)8-9-16-12/h3-4,6-7,12H,2,5,8-9H2,1H3/t12-/m1/s1. The normalized spacial score (nSPS) is 19.9. The van der Waals surface area contributed by atoms with Gasteiger partial charge in [-0.2, -0.15) is 5.10 Å². The first kappa shape index (κ1) is 9.85. The molecule has 2 aromatic rings. The summed E-state index contributed by atoms with van der Waals surface area (Å²) >= 11 is 0. The monoisotopic (exact) mass is 216 g/mol. The molecule has 0 spiro atoms. The summed E-state index contributed by atoms with van der Waals surface area (Å²) < 4.78 is 7.97. The van der Waals surface area contributed by atoms with Gasteiger partial charge in [-0.1, -0.05) is 31.5 Å². The van der Waals surface area contributed by atoms with Crippen LogP contribution in [-0.2, 0) is 11.3 Å². The number of benzene rings is 1. The Kier molecular flexibility index (Phi) is 2.40. The first-order chi connectivity index (χ1) is 7.90. The molecule has 0 amide bonds. The van der Waals surface area contributed by atoms with Gasteiger partial charge in [-0.05, 0) is 12.5 Å². The third kappa shape index (κ3) is 1.43. The molecule has 1 atom stereocenters. The molecule has 0 unspecified atom stereocenters. The van der Waals surface area contributed by atoms with Gasteiger partial charge in [0.25, 0.3) is 0 Å². The van der Waals surface area contributed by atoms with Crippen molar-refractivity contribution in [2.24, 2.45) is 0 Å². The SMILES string of the molecule is CCC[C@H]1OCCn2nc3ccccc3c21. The van der Waals surface area contributed by atoms with Crippen LogP contribution >= 0.6 is 0 Å².